The van der Waals surface area contributed by atoms with Crippen LogP contribution in [0.4, 0.5) is 10.8 Å². The van der Waals surface area contributed by atoms with Gasteiger partial charge < -0.3 is 21.1 Å². The standard InChI is InChI=1S/C10H16N4O2S/c1-12-9(15)7-8(11)14-17-10(7)13-4-6-2-3-16-5-6/h6,13H,2-5H2,1H3,(H2,11,14)(H,12,15). The maximum absolute atomic E-state index is 11.6. The molecule has 1 aromatic rings. The number of nitrogen functional groups attached to an aromatic ring is 1. The lowest BCUT2D eigenvalue weighted by Crippen LogP contribution is -2.21. The smallest absolute Gasteiger partial charge is 0.257 e. The summed E-state index contributed by atoms with van der Waals surface area (Å²) in [5, 5.41) is 6.52. The Morgan fingerprint density at radius 2 is 2.53 bits per heavy atom. The van der Waals surface area contributed by atoms with Crippen molar-refractivity contribution >= 4 is 28.3 Å². The van der Waals surface area contributed by atoms with E-state index in [1.807, 2.05) is 0 Å². The van der Waals surface area contributed by atoms with E-state index in [4.69, 9.17) is 10.5 Å². The van der Waals surface area contributed by atoms with Crippen molar-refractivity contribution in [2.75, 3.05) is 37.9 Å². The first kappa shape index (κ1) is 12.1. The van der Waals surface area contributed by atoms with Crippen molar-refractivity contribution < 1.29 is 9.53 Å². The van der Waals surface area contributed by atoms with Crippen molar-refractivity contribution in [1.29, 1.82) is 0 Å². The van der Waals surface area contributed by atoms with Crippen LogP contribution < -0.4 is 16.4 Å². The number of ether oxygens (including phenoxy) is 1. The van der Waals surface area contributed by atoms with Gasteiger partial charge in [-0.05, 0) is 18.0 Å². The third-order valence-electron chi connectivity index (χ3n) is 2.75. The first-order valence-corrected chi connectivity index (χ1v) is 6.28. The molecule has 1 aliphatic heterocycles. The molecule has 0 spiro atoms. The third-order valence-corrected chi connectivity index (χ3v) is 3.57. The van der Waals surface area contributed by atoms with E-state index in [0.717, 1.165) is 31.2 Å². The molecule has 2 heterocycles. The Labute approximate surface area is 104 Å². The van der Waals surface area contributed by atoms with Gasteiger partial charge in [-0.1, -0.05) is 0 Å². The highest BCUT2D eigenvalue weighted by atomic mass is 32.1. The van der Waals surface area contributed by atoms with Gasteiger partial charge in [0.05, 0.1) is 6.61 Å². The van der Waals surface area contributed by atoms with Crippen molar-refractivity contribution in [3.05, 3.63) is 5.56 Å². The summed E-state index contributed by atoms with van der Waals surface area (Å²) < 4.78 is 9.29. The minimum Gasteiger partial charge on any atom is -0.382 e. The number of carbonyl (C=O) groups excluding carboxylic acids is 1. The van der Waals surface area contributed by atoms with Crippen molar-refractivity contribution in [2.24, 2.45) is 5.92 Å². The van der Waals surface area contributed by atoms with Crippen LogP contribution in [0.3, 0.4) is 0 Å². The zero-order valence-electron chi connectivity index (χ0n) is 9.66. The maximum atomic E-state index is 11.6. The largest absolute Gasteiger partial charge is 0.382 e. The van der Waals surface area contributed by atoms with Gasteiger partial charge in [-0.2, -0.15) is 4.37 Å². The average Bonchev–Trinajstić information content (AvgIpc) is 2.95. The Kier molecular flexibility index (Phi) is 3.80. The van der Waals surface area contributed by atoms with Gasteiger partial charge in [0, 0.05) is 26.1 Å². The number of anilines is 2. The van der Waals surface area contributed by atoms with Crippen LogP contribution in [0.2, 0.25) is 0 Å². The topological polar surface area (TPSA) is 89.3 Å². The second-order valence-corrected chi connectivity index (χ2v) is 4.73. The summed E-state index contributed by atoms with van der Waals surface area (Å²) in [5.74, 6) is 0.566. The number of nitrogens with two attached hydrogens (primary N) is 1. The Hall–Kier alpha value is -1.34. The lowest BCUT2D eigenvalue weighted by molar-refractivity contribution is 0.0965. The zero-order chi connectivity index (χ0) is 12.3. The fraction of sp³-hybridized carbons (Fsp3) is 0.600. The monoisotopic (exact) mass is 256 g/mol. The quantitative estimate of drug-likeness (QED) is 0.731. The van der Waals surface area contributed by atoms with E-state index >= 15 is 0 Å². The molecular weight excluding hydrogens is 240 g/mol. The second-order valence-electron chi connectivity index (χ2n) is 3.96. The third kappa shape index (κ3) is 2.67. The first-order chi connectivity index (χ1) is 8.22. The van der Waals surface area contributed by atoms with Crippen LogP contribution >= 0.6 is 11.5 Å². The molecule has 0 aliphatic carbocycles. The number of hydrogen-bond acceptors (Lipinski definition) is 6. The Morgan fingerprint density at radius 3 is 3.18 bits per heavy atom. The number of nitrogens with zero attached hydrogens (tertiary/aromatic N) is 1. The van der Waals surface area contributed by atoms with Crippen molar-refractivity contribution in [1.82, 2.24) is 9.69 Å². The molecule has 4 N–H and O–H groups in total. The molecule has 1 aromatic heterocycles. The summed E-state index contributed by atoms with van der Waals surface area (Å²) in [7, 11) is 1.58. The molecule has 1 saturated heterocycles. The molecule has 0 bridgehead atoms. The van der Waals surface area contributed by atoms with E-state index < -0.39 is 0 Å². The van der Waals surface area contributed by atoms with Gasteiger partial charge >= 0.3 is 0 Å². The number of nitrogens with one attached hydrogen (secondary N) is 2. The molecular formula is C10H16N4O2S. The summed E-state index contributed by atoms with van der Waals surface area (Å²) >= 11 is 1.22. The lowest BCUT2D eigenvalue weighted by Gasteiger charge is -2.10. The predicted molar refractivity (Wildman–Crippen MR) is 67.3 cm³/mol. The average molecular weight is 256 g/mol. The van der Waals surface area contributed by atoms with Crippen LogP contribution in [-0.4, -0.2) is 37.1 Å². The second kappa shape index (κ2) is 5.33. The molecule has 1 fully saturated rings. The minimum atomic E-state index is -0.207. The van der Waals surface area contributed by atoms with Crippen LogP contribution in [0.25, 0.3) is 0 Å². The normalized spacial score (nSPS) is 19.2. The number of amides is 1. The van der Waals surface area contributed by atoms with Gasteiger partial charge in [-0.3, -0.25) is 4.79 Å². The molecule has 1 amide bonds. The lowest BCUT2D eigenvalue weighted by atomic mass is 10.1. The van der Waals surface area contributed by atoms with Gasteiger partial charge in [0.15, 0.2) is 5.82 Å². The van der Waals surface area contributed by atoms with E-state index in [0.29, 0.717) is 11.5 Å². The molecule has 0 radical (unpaired) electrons. The maximum Gasteiger partial charge on any atom is 0.257 e. The highest BCUT2D eigenvalue weighted by molar-refractivity contribution is 7.11. The van der Waals surface area contributed by atoms with Crippen molar-refractivity contribution in [3.63, 3.8) is 0 Å². The minimum absolute atomic E-state index is 0.207. The molecule has 94 valence electrons. The molecule has 2 rings (SSSR count). The molecule has 0 aromatic carbocycles. The Balaban J connectivity index is 2.02. The van der Waals surface area contributed by atoms with Crippen LogP contribution in [0, 0.1) is 5.92 Å². The molecule has 0 saturated carbocycles. The van der Waals surface area contributed by atoms with E-state index in [2.05, 4.69) is 15.0 Å². The Morgan fingerprint density at radius 1 is 1.71 bits per heavy atom. The number of aromatic nitrogens is 1. The molecule has 6 nitrogen and oxygen atoms in total. The summed E-state index contributed by atoms with van der Waals surface area (Å²) in [6, 6.07) is 0. The molecule has 1 atom stereocenters. The fourth-order valence-electron chi connectivity index (χ4n) is 1.75. The van der Waals surface area contributed by atoms with Crippen LogP contribution in [-0.2, 0) is 4.74 Å². The molecule has 17 heavy (non-hydrogen) atoms. The number of hydrogen-bond donors (Lipinski definition) is 3. The van der Waals surface area contributed by atoms with E-state index in [1.165, 1.54) is 11.5 Å². The molecule has 7 heteroatoms. The van der Waals surface area contributed by atoms with Gasteiger partial charge in [0.2, 0.25) is 0 Å². The summed E-state index contributed by atoms with van der Waals surface area (Å²) in [4.78, 5) is 11.6. The van der Waals surface area contributed by atoms with Crippen LogP contribution in [0.1, 0.15) is 16.8 Å². The fourth-order valence-corrected chi connectivity index (χ4v) is 2.47. The number of carbonyl (C=O) groups is 1. The first-order valence-electron chi connectivity index (χ1n) is 5.51. The van der Waals surface area contributed by atoms with Gasteiger partial charge in [-0.25, -0.2) is 0 Å². The van der Waals surface area contributed by atoms with E-state index in [9.17, 15) is 4.79 Å². The van der Waals surface area contributed by atoms with Crippen LogP contribution in [0.5, 0.6) is 0 Å². The highest BCUT2D eigenvalue weighted by Gasteiger charge is 2.20. The van der Waals surface area contributed by atoms with Crippen LogP contribution in [0.15, 0.2) is 0 Å². The summed E-state index contributed by atoms with van der Waals surface area (Å²) in [5.41, 5.74) is 6.12. The molecule has 1 unspecified atom stereocenters. The highest BCUT2D eigenvalue weighted by Crippen LogP contribution is 2.27. The van der Waals surface area contributed by atoms with Gasteiger partial charge in [-0.15, -0.1) is 0 Å². The number of rotatable bonds is 4. The van der Waals surface area contributed by atoms with Gasteiger partial charge in [0.25, 0.3) is 5.91 Å². The molecule has 1 aliphatic rings. The van der Waals surface area contributed by atoms with Crippen molar-refractivity contribution in [2.45, 2.75) is 6.42 Å². The summed E-state index contributed by atoms with van der Waals surface area (Å²) in [6.07, 6.45) is 1.05. The Bertz CT molecular complexity index is 401. The van der Waals surface area contributed by atoms with E-state index in [1.54, 1.807) is 7.05 Å². The van der Waals surface area contributed by atoms with E-state index in [-0.39, 0.29) is 11.7 Å². The zero-order valence-corrected chi connectivity index (χ0v) is 10.5. The SMILES string of the molecule is CNC(=O)c1c(N)nsc1NCC1CCOC1. The predicted octanol–water partition coefficient (Wildman–Crippen LogP) is 0.533. The summed E-state index contributed by atoms with van der Waals surface area (Å²) in [6.45, 7) is 2.38. The van der Waals surface area contributed by atoms with Gasteiger partial charge in [0.1, 0.15) is 10.6 Å². The van der Waals surface area contributed by atoms with Crippen molar-refractivity contribution in [3.8, 4) is 0 Å².